The van der Waals surface area contributed by atoms with Gasteiger partial charge in [0.2, 0.25) is 0 Å². The van der Waals surface area contributed by atoms with Crippen molar-refractivity contribution in [1.29, 1.82) is 0 Å². The van der Waals surface area contributed by atoms with E-state index in [-0.39, 0.29) is 32.0 Å². The Hall–Kier alpha value is -4.63. The molecule has 0 aliphatic rings. The van der Waals surface area contributed by atoms with E-state index in [0.717, 1.165) is 128 Å². The molecule has 0 spiro atoms. The summed E-state index contributed by atoms with van der Waals surface area (Å²) in [5, 5.41) is 0. The first kappa shape index (κ1) is 99.4. The summed E-state index contributed by atoms with van der Waals surface area (Å²) in [6.45, 7) is 4.04. The number of ether oxygens (including phenoxy) is 2. The molecule has 0 saturated heterocycles. The van der Waals surface area contributed by atoms with Crippen molar-refractivity contribution in [2.75, 3.05) is 47.5 Å². The highest BCUT2D eigenvalue weighted by molar-refractivity contribution is 7.45. The highest BCUT2D eigenvalue weighted by atomic mass is 31.2. The second-order valence-corrected chi connectivity index (χ2v) is 30.8. The molecule has 104 heavy (non-hydrogen) atoms. The molecule has 10 heteroatoms. The number of esters is 2. The summed E-state index contributed by atoms with van der Waals surface area (Å²) in [6.07, 6.45) is 125. The lowest BCUT2D eigenvalue weighted by Gasteiger charge is -2.28. The van der Waals surface area contributed by atoms with Crippen LogP contribution in [-0.2, 0) is 32.7 Å². The quantitative estimate of drug-likeness (QED) is 0.0195. The third-order valence-corrected chi connectivity index (χ3v) is 19.2. The van der Waals surface area contributed by atoms with Crippen LogP contribution in [0.25, 0.3) is 0 Å². The van der Waals surface area contributed by atoms with Crippen LogP contribution >= 0.6 is 7.82 Å². The lowest BCUT2D eigenvalue weighted by Crippen LogP contribution is -2.37. The Morgan fingerprint density at radius 2 is 0.519 bits per heavy atom. The SMILES string of the molecule is CC/C=C\C/C=C\C/C=C\C/C=C\C/C=C\C/C=C\C/C=C\C/C=C\CCCCCCCCCCCCCCCCC(=O)OC(COC(=O)CCCCCCCCCCCCCCCCCCCCCCCC/C=C\C/C=C\C/C=C\C/C=C\C/C=C\C/C=C\CC)COP(=O)([O-])OCC[N+](C)(C)C. The maximum absolute atomic E-state index is 12.9. The Morgan fingerprint density at radius 3 is 0.769 bits per heavy atom. The lowest BCUT2D eigenvalue weighted by molar-refractivity contribution is -0.870. The molecule has 0 heterocycles. The number of carbonyl (C=O) groups excluding carboxylic acids is 2. The van der Waals surface area contributed by atoms with Gasteiger partial charge in [-0.05, 0) is 128 Å². The fourth-order valence-electron chi connectivity index (χ4n) is 11.8. The van der Waals surface area contributed by atoms with Crippen LogP contribution in [0.1, 0.15) is 361 Å². The molecule has 0 aromatic rings. The van der Waals surface area contributed by atoms with E-state index in [1.165, 1.54) is 199 Å². The smallest absolute Gasteiger partial charge is 0.306 e. The lowest BCUT2D eigenvalue weighted by atomic mass is 10.0. The van der Waals surface area contributed by atoms with Crippen molar-refractivity contribution in [1.82, 2.24) is 0 Å². The molecule has 0 fully saturated rings. The minimum Gasteiger partial charge on any atom is -0.756 e. The first-order valence-corrected chi connectivity index (χ1v) is 44.3. The zero-order valence-electron chi connectivity index (χ0n) is 67.9. The van der Waals surface area contributed by atoms with Crippen LogP contribution in [0, 0.1) is 0 Å². The van der Waals surface area contributed by atoms with Crippen molar-refractivity contribution in [2.24, 2.45) is 0 Å². The number of rotatable bonds is 78. The molecule has 0 aliphatic carbocycles. The molecule has 0 aromatic carbocycles. The van der Waals surface area contributed by atoms with E-state index in [1.807, 2.05) is 21.1 Å². The van der Waals surface area contributed by atoms with E-state index in [9.17, 15) is 19.0 Å². The number of carbonyl (C=O) groups is 2. The summed E-state index contributed by atoms with van der Waals surface area (Å²) in [7, 11) is 1.17. The van der Waals surface area contributed by atoms with E-state index < -0.39 is 26.5 Å². The van der Waals surface area contributed by atoms with Crippen LogP contribution < -0.4 is 4.89 Å². The number of quaternary nitrogens is 1. The predicted octanol–water partition coefficient (Wildman–Crippen LogP) is 28.5. The van der Waals surface area contributed by atoms with Crippen LogP contribution in [0.2, 0.25) is 0 Å². The monoisotopic (exact) mass is 1460 g/mol. The van der Waals surface area contributed by atoms with Crippen molar-refractivity contribution in [3.63, 3.8) is 0 Å². The van der Waals surface area contributed by atoms with Gasteiger partial charge in [0.15, 0.2) is 6.10 Å². The molecule has 9 nitrogen and oxygen atoms in total. The van der Waals surface area contributed by atoms with E-state index >= 15 is 0 Å². The van der Waals surface area contributed by atoms with Crippen molar-refractivity contribution >= 4 is 19.8 Å². The third-order valence-electron chi connectivity index (χ3n) is 18.2. The van der Waals surface area contributed by atoms with Crippen molar-refractivity contribution in [2.45, 2.75) is 367 Å². The molecule has 0 aliphatic heterocycles. The van der Waals surface area contributed by atoms with Gasteiger partial charge in [0.1, 0.15) is 19.8 Å². The molecule has 0 aromatic heterocycles. The molecule has 0 saturated carbocycles. The number of phosphoric ester groups is 1. The second-order valence-electron chi connectivity index (χ2n) is 29.4. The standard InChI is InChI=1S/C94H160NO8P/c1-6-8-10-12-14-16-18-20-22-24-26-28-30-32-34-36-38-40-42-44-46-47-49-50-52-54-56-58-60-62-64-66-68-70-72-74-76-78-80-82-84-86-93(96)100-90-92(91-102-104(98,99)101-89-88-95(3,4)5)103-94(97)87-85-83-81-79-77-75-73-71-69-67-65-63-61-59-57-55-53-51-48-45-43-41-39-37-35-33-31-29-27-25-23-21-19-17-15-13-11-9-7-2/h8-11,14-17,20-23,26-29,32-35,38-41,45,48,53,55,92H,6-7,12-13,18-19,24-25,30-31,36-37,42-44,46-47,49-52,54,56-91H2,1-5H3/b10-8-,11-9-,16-14-,17-15-,22-20-,23-21-,28-26-,29-27-,34-32-,35-33-,40-38-,41-39-,48-45-,55-53-. The maximum atomic E-state index is 12.9. The molecular formula is C94H160NO8P. The van der Waals surface area contributed by atoms with Crippen molar-refractivity contribution < 1.29 is 42.1 Å². The van der Waals surface area contributed by atoms with Crippen LogP contribution in [-0.4, -0.2) is 70.0 Å². The molecule has 0 amide bonds. The van der Waals surface area contributed by atoms with Gasteiger partial charge in [-0.3, -0.25) is 14.2 Å². The van der Waals surface area contributed by atoms with E-state index in [0.29, 0.717) is 17.4 Å². The summed E-state index contributed by atoms with van der Waals surface area (Å²) >= 11 is 0. The van der Waals surface area contributed by atoms with Gasteiger partial charge in [-0.2, -0.15) is 0 Å². The average molecular weight is 1460 g/mol. The first-order valence-electron chi connectivity index (χ1n) is 42.8. The molecule has 0 radical (unpaired) electrons. The minimum absolute atomic E-state index is 0.0350. The summed E-state index contributed by atoms with van der Waals surface area (Å²) < 4.78 is 34.5. The van der Waals surface area contributed by atoms with Crippen LogP contribution in [0.4, 0.5) is 0 Å². The number of likely N-dealkylation sites (N-methyl/N-ethyl adjacent to an activating group) is 1. The fourth-order valence-corrected chi connectivity index (χ4v) is 12.5. The Balaban J connectivity index is 3.95. The van der Waals surface area contributed by atoms with Gasteiger partial charge in [0, 0.05) is 12.8 Å². The molecule has 0 N–H and O–H groups in total. The van der Waals surface area contributed by atoms with Crippen LogP contribution in [0.3, 0.4) is 0 Å². The normalized spacial score (nSPS) is 13.9. The highest BCUT2D eigenvalue weighted by Crippen LogP contribution is 2.38. The minimum atomic E-state index is -4.65. The van der Waals surface area contributed by atoms with Crippen molar-refractivity contribution in [3.8, 4) is 0 Å². The topological polar surface area (TPSA) is 111 Å². The van der Waals surface area contributed by atoms with Gasteiger partial charge >= 0.3 is 11.9 Å². The summed E-state index contributed by atoms with van der Waals surface area (Å²) in [4.78, 5) is 38.3. The number of phosphoric acid groups is 1. The number of nitrogens with zero attached hydrogens (tertiary/aromatic N) is 1. The Kier molecular flexibility index (Phi) is 78.8. The van der Waals surface area contributed by atoms with E-state index in [1.54, 1.807) is 0 Å². The Labute approximate surface area is 642 Å². The zero-order chi connectivity index (χ0) is 75.4. The average Bonchev–Trinajstić information content (AvgIpc) is 0.915. The van der Waals surface area contributed by atoms with Crippen molar-refractivity contribution in [3.05, 3.63) is 170 Å². The first-order chi connectivity index (χ1) is 51.0. The summed E-state index contributed by atoms with van der Waals surface area (Å²) in [5.41, 5.74) is 0. The van der Waals surface area contributed by atoms with E-state index in [4.69, 9.17) is 18.5 Å². The molecule has 0 bridgehead atoms. The highest BCUT2D eigenvalue weighted by Gasteiger charge is 2.22. The molecule has 2 atom stereocenters. The predicted molar refractivity (Wildman–Crippen MR) is 452 cm³/mol. The third kappa shape index (κ3) is 86.3. The van der Waals surface area contributed by atoms with E-state index in [2.05, 4.69) is 184 Å². The number of hydrogen-bond donors (Lipinski definition) is 0. The fraction of sp³-hybridized carbons (Fsp3) is 0.681. The van der Waals surface area contributed by atoms with Gasteiger partial charge < -0.3 is 27.9 Å². The van der Waals surface area contributed by atoms with Gasteiger partial charge in [0.05, 0.1) is 27.7 Å². The molecular weight excluding hydrogens is 1300 g/mol. The van der Waals surface area contributed by atoms with Gasteiger partial charge in [-0.25, -0.2) is 0 Å². The maximum Gasteiger partial charge on any atom is 0.306 e. The van der Waals surface area contributed by atoms with Crippen LogP contribution in [0.5, 0.6) is 0 Å². The molecule has 594 valence electrons. The Morgan fingerprint density at radius 1 is 0.298 bits per heavy atom. The van der Waals surface area contributed by atoms with Gasteiger partial charge in [-0.15, -0.1) is 0 Å². The zero-order valence-corrected chi connectivity index (χ0v) is 68.8. The Bertz CT molecular complexity index is 2370. The summed E-state index contributed by atoms with van der Waals surface area (Å²) in [5.74, 6) is -0.826. The number of allylic oxidation sites excluding steroid dienone is 28. The van der Waals surface area contributed by atoms with Crippen LogP contribution in [0.15, 0.2) is 170 Å². The van der Waals surface area contributed by atoms with Gasteiger partial charge in [-0.1, -0.05) is 389 Å². The molecule has 2 unspecified atom stereocenters. The number of hydrogen-bond acceptors (Lipinski definition) is 8. The van der Waals surface area contributed by atoms with Gasteiger partial charge in [0.25, 0.3) is 7.82 Å². The largest absolute Gasteiger partial charge is 0.756 e. The molecule has 0 rings (SSSR count). The second kappa shape index (κ2) is 82.4. The number of unbranched alkanes of at least 4 members (excludes halogenated alkanes) is 36. The summed E-state index contributed by atoms with van der Waals surface area (Å²) in [6, 6.07) is 0.